The molecule has 0 amide bonds. The summed E-state index contributed by atoms with van der Waals surface area (Å²) >= 11 is 0. The first-order valence-electron chi connectivity index (χ1n) is 5.22. The zero-order valence-corrected chi connectivity index (χ0v) is 8.84. The van der Waals surface area contributed by atoms with Crippen LogP contribution in [0.1, 0.15) is 0 Å². The van der Waals surface area contributed by atoms with Gasteiger partial charge < -0.3 is 4.42 Å². The molecule has 82 valence electrons. The molecular weight excluding hydrogens is 216 g/mol. The summed E-state index contributed by atoms with van der Waals surface area (Å²) in [7, 11) is 0. The number of rotatable bonds is 1. The first-order valence-corrected chi connectivity index (χ1v) is 5.22. The number of hydrogen-bond donors (Lipinski definition) is 0. The Morgan fingerprint density at radius 3 is 2.35 bits per heavy atom. The molecule has 0 radical (unpaired) electrons. The lowest BCUT2D eigenvalue weighted by Gasteiger charge is -2.00. The van der Waals surface area contributed by atoms with Gasteiger partial charge in [0.15, 0.2) is 0 Å². The molecule has 2 heterocycles. The zero-order valence-electron chi connectivity index (χ0n) is 8.84. The largest absolute Gasteiger partial charge is 0.386 e. The lowest BCUT2D eigenvalue weighted by atomic mass is 10.0. The van der Waals surface area contributed by atoms with E-state index in [1.54, 1.807) is 18.2 Å². The molecule has 2 aromatic carbocycles. The zero-order chi connectivity index (χ0) is 11.8. The molecular formula is C14H8O3. The minimum atomic E-state index is -0.591. The fourth-order valence-corrected chi connectivity index (χ4v) is 1.90. The molecule has 4 aromatic rings. The molecule has 4 rings (SSSR count). The third-order valence-corrected chi connectivity index (χ3v) is 2.75. The van der Waals surface area contributed by atoms with Crippen molar-refractivity contribution in [2.24, 2.45) is 0 Å². The molecule has 0 unspecified atom stereocenters. The number of benzene rings is 2. The molecule has 0 spiro atoms. The third kappa shape index (κ3) is 1.52. The van der Waals surface area contributed by atoms with Crippen molar-refractivity contribution in [1.29, 1.82) is 0 Å². The summed E-state index contributed by atoms with van der Waals surface area (Å²) in [5.41, 5.74) is 0.455. The van der Waals surface area contributed by atoms with Gasteiger partial charge in [-0.25, -0.2) is 9.59 Å². The van der Waals surface area contributed by atoms with Crippen LogP contribution in [-0.2, 0) is 0 Å². The van der Waals surface area contributed by atoms with E-state index >= 15 is 0 Å². The summed E-state index contributed by atoms with van der Waals surface area (Å²) in [5, 5.41) is 0.823. The molecule has 17 heavy (non-hydrogen) atoms. The Balaban J connectivity index is 2.48. The van der Waals surface area contributed by atoms with Crippen LogP contribution in [0.15, 0.2) is 62.5 Å². The highest BCUT2D eigenvalue weighted by Crippen LogP contribution is 2.23. The third-order valence-electron chi connectivity index (χ3n) is 2.75. The van der Waals surface area contributed by atoms with Crippen molar-refractivity contribution < 1.29 is 4.42 Å². The van der Waals surface area contributed by atoms with Gasteiger partial charge in [0.2, 0.25) is 0 Å². The molecule has 0 saturated heterocycles. The van der Waals surface area contributed by atoms with Gasteiger partial charge >= 0.3 is 11.3 Å². The Labute approximate surface area is 96.3 Å². The van der Waals surface area contributed by atoms with Gasteiger partial charge in [0.25, 0.3) is 0 Å². The van der Waals surface area contributed by atoms with Gasteiger partial charge in [-0.3, -0.25) is 0 Å². The predicted molar refractivity (Wildman–Crippen MR) is 65.4 cm³/mol. The quantitative estimate of drug-likeness (QED) is 0.637. The maximum atomic E-state index is 11.7. The van der Waals surface area contributed by atoms with Gasteiger partial charge in [-0.2, -0.15) is 0 Å². The van der Waals surface area contributed by atoms with Gasteiger partial charge in [-0.1, -0.05) is 30.3 Å². The van der Waals surface area contributed by atoms with Gasteiger partial charge in [-0.15, -0.1) is 0 Å². The lowest BCUT2D eigenvalue weighted by Crippen LogP contribution is -2.02. The van der Waals surface area contributed by atoms with Crippen LogP contribution in [0.4, 0.5) is 0 Å². The smallest absolute Gasteiger partial charge is 0.346 e. The van der Waals surface area contributed by atoms with E-state index in [0.717, 1.165) is 11.1 Å². The van der Waals surface area contributed by atoms with Crippen LogP contribution in [-0.4, -0.2) is 0 Å². The molecule has 3 nitrogen and oxygen atoms in total. The van der Waals surface area contributed by atoms with Crippen molar-refractivity contribution in [3.05, 3.63) is 69.4 Å². The first kappa shape index (κ1) is 9.78. The minimum absolute atomic E-state index is 0.401. The Morgan fingerprint density at radius 1 is 0.824 bits per heavy atom. The fourth-order valence-electron chi connectivity index (χ4n) is 1.90. The fraction of sp³-hybridized carbons (Fsp3) is 0. The van der Waals surface area contributed by atoms with E-state index in [-0.39, 0.29) is 0 Å². The van der Waals surface area contributed by atoms with E-state index < -0.39 is 11.3 Å². The molecule has 0 saturated carbocycles. The average molecular weight is 224 g/mol. The summed E-state index contributed by atoms with van der Waals surface area (Å²) in [4.78, 5) is 23.2. The van der Waals surface area contributed by atoms with Gasteiger partial charge in [0.1, 0.15) is 0 Å². The van der Waals surface area contributed by atoms with Crippen LogP contribution < -0.4 is 11.3 Å². The van der Waals surface area contributed by atoms with E-state index in [1.165, 1.54) is 0 Å². The molecule has 0 N–H and O–H groups in total. The molecule has 0 fully saturated rings. The van der Waals surface area contributed by atoms with E-state index in [0.29, 0.717) is 10.8 Å². The average Bonchev–Trinajstić information content (AvgIpc) is 2.58. The molecule has 0 atom stereocenters. The Hall–Kier alpha value is -2.42. The summed E-state index contributed by atoms with van der Waals surface area (Å²) in [6, 6.07) is 14.4. The van der Waals surface area contributed by atoms with Crippen LogP contribution in [0, 0.1) is 0 Å². The number of fused-ring (bicyclic) bond motifs is 4. The predicted octanol–water partition coefficient (Wildman–Crippen LogP) is 2.26. The molecule has 2 aromatic heterocycles. The summed E-state index contributed by atoms with van der Waals surface area (Å²) in [6.07, 6.45) is 0. The first-order chi connectivity index (χ1) is 8.25. The van der Waals surface area contributed by atoms with Crippen LogP contribution >= 0.6 is 0 Å². The van der Waals surface area contributed by atoms with Crippen molar-refractivity contribution >= 4 is 10.8 Å². The van der Waals surface area contributed by atoms with Crippen LogP contribution in [0.3, 0.4) is 0 Å². The SMILES string of the molecule is O=c1oc(=O)c2ccc1cc2-c1ccccc1. The second-order valence-electron chi connectivity index (χ2n) is 3.80. The maximum absolute atomic E-state index is 11.7. The maximum Gasteiger partial charge on any atom is 0.346 e. The van der Waals surface area contributed by atoms with E-state index in [2.05, 4.69) is 4.42 Å². The highest BCUT2D eigenvalue weighted by molar-refractivity contribution is 5.86. The highest BCUT2D eigenvalue weighted by Gasteiger charge is 2.09. The van der Waals surface area contributed by atoms with Gasteiger partial charge in [0, 0.05) is 0 Å². The van der Waals surface area contributed by atoms with Gasteiger partial charge in [0.05, 0.1) is 10.8 Å². The van der Waals surface area contributed by atoms with Crippen molar-refractivity contribution in [2.75, 3.05) is 0 Å². The summed E-state index contributed by atoms with van der Waals surface area (Å²) < 4.78 is 4.68. The Bertz CT molecular complexity index is 772. The van der Waals surface area contributed by atoms with Crippen molar-refractivity contribution in [3.8, 4) is 11.1 Å². The molecule has 3 heteroatoms. The minimum Gasteiger partial charge on any atom is -0.386 e. The summed E-state index contributed by atoms with van der Waals surface area (Å²) in [5.74, 6) is 0. The normalized spacial score (nSPS) is 10.8. The standard InChI is InChI=1S/C14H8O3/c15-13-10-6-7-11(14(16)17-13)12(8-10)9-4-2-1-3-5-9/h1-8H. The van der Waals surface area contributed by atoms with Crippen LogP contribution in [0.2, 0.25) is 0 Å². The molecule has 2 bridgehead atoms. The topological polar surface area (TPSA) is 47.3 Å². The van der Waals surface area contributed by atoms with Gasteiger partial charge in [-0.05, 0) is 29.3 Å². The summed E-state index contributed by atoms with van der Waals surface area (Å²) in [6.45, 7) is 0. The molecule has 0 aliphatic rings. The van der Waals surface area contributed by atoms with E-state index in [1.807, 2.05) is 30.3 Å². The molecule has 0 aliphatic carbocycles. The van der Waals surface area contributed by atoms with Crippen LogP contribution in [0.5, 0.6) is 0 Å². The molecule has 0 aliphatic heterocycles. The Kier molecular flexibility index (Phi) is 2.05. The monoisotopic (exact) mass is 224 g/mol. The van der Waals surface area contributed by atoms with Crippen molar-refractivity contribution in [2.45, 2.75) is 0 Å². The van der Waals surface area contributed by atoms with Crippen molar-refractivity contribution in [3.63, 3.8) is 0 Å². The van der Waals surface area contributed by atoms with E-state index in [9.17, 15) is 9.59 Å². The van der Waals surface area contributed by atoms with Crippen molar-refractivity contribution in [1.82, 2.24) is 0 Å². The highest BCUT2D eigenvalue weighted by atomic mass is 16.4. The second-order valence-corrected chi connectivity index (χ2v) is 3.80. The number of hydrogen-bond acceptors (Lipinski definition) is 3. The lowest BCUT2D eigenvalue weighted by molar-refractivity contribution is 0.492. The Morgan fingerprint density at radius 2 is 1.59 bits per heavy atom. The van der Waals surface area contributed by atoms with Crippen LogP contribution in [0.25, 0.3) is 21.9 Å². The second kappa shape index (κ2) is 3.56. The van der Waals surface area contributed by atoms with E-state index in [4.69, 9.17) is 0 Å².